The van der Waals surface area contributed by atoms with Gasteiger partial charge in [-0.2, -0.15) is 18.2 Å². The molecule has 1 aromatic heterocycles. The summed E-state index contributed by atoms with van der Waals surface area (Å²) in [6.45, 7) is 3.32. The van der Waals surface area contributed by atoms with Crippen LogP contribution < -0.4 is 5.32 Å². The van der Waals surface area contributed by atoms with Gasteiger partial charge in [0.05, 0.1) is 11.6 Å². The van der Waals surface area contributed by atoms with Gasteiger partial charge in [-0.25, -0.2) is 0 Å². The lowest BCUT2D eigenvalue weighted by atomic mass is 9.95. The van der Waals surface area contributed by atoms with Gasteiger partial charge >= 0.3 is 6.18 Å². The summed E-state index contributed by atoms with van der Waals surface area (Å²) in [5.74, 6) is 0.526. The number of halogens is 3. The number of nitrogens with one attached hydrogen (secondary N) is 1. The number of amides is 1. The molecule has 1 amide bonds. The van der Waals surface area contributed by atoms with Crippen molar-refractivity contribution in [3.63, 3.8) is 0 Å². The van der Waals surface area contributed by atoms with E-state index in [1.165, 1.54) is 12.1 Å². The van der Waals surface area contributed by atoms with E-state index < -0.39 is 11.7 Å². The van der Waals surface area contributed by atoms with Gasteiger partial charge in [0.1, 0.15) is 0 Å². The second kappa shape index (κ2) is 7.67. The Morgan fingerprint density at radius 2 is 2.04 bits per heavy atom. The van der Waals surface area contributed by atoms with Crippen LogP contribution >= 0.6 is 0 Å². The number of likely N-dealkylation sites (tertiary alicyclic amines) is 1. The average Bonchev–Trinajstić information content (AvgIpc) is 3.16. The summed E-state index contributed by atoms with van der Waals surface area (Å²) in [7, 11) is 1.63. The van der Waals surface area contributed by atoms with Crippen LogP contribution in [0.5, 0.6) is 0 Å². The van der Waals surface area contributed by atoms with Gasteiger partial charge in [0, 0.05) is 18.5 Å². The molecule has 146 valence electrons. The molecule has 2 heterocycles. The summed E-state index contributed by atoms with van der Waals surface area (Å²) >= 11 is 0. The molecule has 1 N–H and O–H groups in total. The van der Waals surface area contributed by atoms with E-state index in [0.29, 0.717) is 19.0 Å². The van der Waals surface area contributed by atoms with Gasteiger partial charge in [0.25, 0.3) is 0 Å². The van der Waals surface area contributed by atoms with Crippen LogP contribution in [-0.2, 0) is 11.0 Å². The molecular formula is C18H21F3N4O2. The highest BCUT2D eigenvalue weighted by atomic mass is 19.4. The van der Waals surface area contributed by atoms with Crippen molar-refractivity contribution in [2.75, 3.05) is 20.1 Å². The van der Waals surface area contributed by atoms with Crippen molar-refractivity contribution < 1.29 is 22.5 Å². The fraction of sp³-hybridized carbons (Fsp3) is 0.500. The first kappa shape index (κ1) is 19.3. The summed E-state index contributed by atoms with van der Waals surface area (Å²) in [5, 5.41) is 6.51. The third kappa shape index (κ3) is 4.29. The second-order valence-corrected chi connectivity index (χ2v) is 6.64. The number of aromatic nitrogens is 2. The van der Waals surface area contributed by atoms with Crippen molar-refractivity contribution in [3.8, 4) is 11.4 Å². The molecule has 0 radical (unpaired) electrons. The van der Waals surface area contributed by atoms with Crippen LogP contribution in [0.1, 0.15) is 37.3 Å². The van der Waals surface area contributed by atoms with Gasteiger partial charge in [-0.05, 0) is 45.0 Å². The first-order valence-corrected chi connectivity index (χ1v) is 8.76. The Morgan fingerprint density at radius 1 is 1.33 bits per heavy atom. The zero-order valence-corrected chi connectivity index (χ0v) is 15.1. The highest BCUT2D eigenvalue weighted by Crippen LogP contribution is 2.32. The second-order valence-electron chi connectivity index (χ2n) is 6.64. The van der Waals surface area contributed by atoms with E-state index in [9.17, 15) is 18.0 Å². The number of piperidine rings is 1. The Bertz CT molecular complexity index is 798. The lowest BCUT2D eigenvalue weighted by Gasteiger charge is -2.33. The van der Waals surface area contributed by atoms with Crippen LogP contribution in [0, 0.1) is 5.92 Å². The maximum Gasteiger partial charge on any atom is 0.416 e. The molecule has 0 aliphatic carbocycles. The van der Waals surface area contributed by atoms with Crippen molar-refractivity contribution >= 4 is 5.91 Å². The Kier molecular flexibility index (Phi) is 5.50. The normalized spacial score (nSPS) is 17.7. The molecule has 1 aromatic carbocycles. The first-order chi connectivity index (χ1) is 12.8. The van der Waals surface area contributed by atoms with Crippen LogP contribution in [0.2, 0.25) is 0 Å². The Labute approximate surface area is 154 Å². The van der Waals surface area contributed by atoms with Crippen LogP contribution in [0.15, 0.2) is 28.8 Å². The number of hydrogen-bond acceptors (Lipinski definition) is 5. The maximum absolute atomic E-state index is 12.9. The fourth-order valence-electron chi connectivity index (χ4n) is 3.27. The Balaban J connectivity index is 1.70. The lowest BCUT2D eigenvalue weighted by molar-refractivity contribution is -0.137. The number of carbonyl (C=O) groups excluding carboxylic acids is 1. The zero-order chi connectivity index (χ0) is 19.6. The molecule has 0 saturated carbocycles. The molecule has 1 aliphatic heterocycles. The van der Waals surface area contributed by atoms with Gasteiger partial charge in [0.15, 0.2) is 0 Å². The van der Waals surface area contributed by atoms with E-state index in [4.69, 9.17) is 4.52 Å². The molecule has 1 unspecified atom stereocenters. The van der Waals surface area contributed by atoms with Crippen LogP contribution in [0.3, 0.4) is 0 Å². The third-order valence-electron chi connectivity index (χ3n) is 4.94. The molecule has 6 nitrogen and oxygen atoms in total. The molecule has 1 aliphatic rings. The largest absolute Gasteiger partial charge is 0.416 e. The van der Waals surface area contributed by atoms with Gasteiger partial charge in [0.2, 0.25) is 17.6 Å². The molecule has 1 saturated heterocycles. The highest BCUT2D eigenvalue weighted by Gasteiger charge is 2.32. The van der Waals surface area contributed by atoms with Crippen molar-refractivity contribution in [1.82, 2.24) is 20.4 Å². The minimum atomic E-state index is -4.43. The SMILES string of the molecule is CNC(=O)C1CCN(C(C)c2nc(-c3cccc(C(F)(F)F)c3)no2)CC1. The van der Waals surface area contributed by atoms with E-state index in [1.807, 2.05) is 6.92 Å². The van der Waals surface area contributed by atoms with E-state index in [1.54, 1.807) is 7.05 Å². The summed E-state index contributed by atoms with van der Waals surface area (Å²) in [6.07, 6.45) is -2.96. The van der Waals surface area contributed by atoms with Crippen molar-refractivity contribution in [2.24, 2.45) is 5.92 Å². The summed E-state index contributed by atoms with van der Waals surface area (Å²) < 4.78 is 43.9. The maximum atomic E-state index is 12.9. The van der Waals surface area contributed by atoms with E-state index in [-0.39, 0.29) is 29.3 Å². The average molecular weight is 382 g/mol. The van der Waals surface area contributed by atoms with Gasteiger partial charge in [-0.3, -0.25) is 9.69 Å². The number of hydrogen-bond donors (Lipinski definition) is 1. The fourth-order valence-corrected chi connectivity index (χ4v) is 3.27. The van der Waals surface area contributed by atoms with Crippen LogP contribution in [0.25, 0.3) is 11.4 Å². The van der Waals surface area contributed by atoms with E-state index in [0.717, 1.165) is 25.0 Å². The molecule has 0 spiro atoms. The van der Waals surface area contributed by atoms with Crippen LogP contribution in [-0.4, -0.2) is 41.1 Å². The molecule has 2 aromatic rings. The minimum Gasteiger partial charge on any atom is -0.359 e. The highest BCUT2D eigenvalue weighted by molar-refractivity contribution is 5.78. The molecule has 9 heteroatoms. The van der Waals surface area contributed by atoms with Gasteiger partial charge in [-0.15, -0.1) is 0 Å². The van der Waals surface area contributed by atoms with Crippen molar-refractivity contribution in [2.45, 2.75) is 32.0 Å². The Hall–Kier alpha value is -2.42. The molecule has 3 rings (SSSR count). The molecular weight excluding hydrogens is 361 g/mol. The number of nitrogens with zero attached hydrogens (tertiary/aromatic N) is 3. The summed E-state index contributed by atoms with van der Waals surface area (Å²) in [4.78, 5) is 18.1. The Morgan fingerprint density at radius 3 is 2.67 bits per heavy atom. The number of carbonyl (C=O) groups is 1. The summed E-state index contributed by atoms with van der Waals surface area (Å²) in [5.41, 5.74) is -0.499. The topological polar surface area (TPSA) is 71.3 Å². The molecule has 1 fully saturated rings. The number of rotatable bonds is 4. The van der Waals surface area contributed by atoms with E-state index in [2.05, 4.69) is 20.4 Å². The van der Waals surface area contributed by atoms with E-state index >= 15 is 0 Å². The smallest absolute Gasteiger partial charge is 0.359 e. The monoisotopic (exact) mass is 382 g/mol. The van der Waals surface area contributed by atoms with Crippen LogP contribution in [0.4, 0.5) is 13.2 Å². The number of benzene rings is 1. The predicted molar refractivity (Wildman–Crippen MR) is 91.5 cm³/mol. The van der Waals surface area contributed by atoms with Gasteiger partial charge < -0.3 is 9.84 Å². The predicted octanol–water partition coefficient (Wildman–Crippen LogP) is 3.27. The third-order valence-corrected chi connectivity index (χ3v) is 4.94. The first-order valence-electron chi connectivity index (χ1n) is 8.76. The zero-order valence-electron chi connectivity index (χ0n) is 15.1. The minimum absolute atomic E-state index is 0.00167. The standard InChI is InChI=1S/C18H21F3N4O2/c1-11(25-8-6-12(7-9-25)16(26)22-2)17-23-15(24-27-17)13-4-3-5-14(10-13)18(19,20)21/h3-5,10-12H,6-9H2,1-2H3,(H,22,26). The molecule has 27 heavy (non-hydrogen) atoms. The van der Waals surface area contributed by atoms with Gasteiger partial charge in [-0.1, -0.05) is 17.3 Å². The van der Waals surface area contributed by atoms with Crippen molar-refractivity contribution in [1.29, 1.82) is 0 Å². The molecule has 0 bridgehead atoms. The molecule has 1 atom stereocenters. The van der Waals surface area contributed by atoms with Crippen molar-refractivity contribution in [3.05, 3.63) is 35.7 Å². The number of alkyl halides is 3. The quantitative estimate of drug-likeness (QED) is 0.879. The lowest BCUT2D eigenvalue weighted by Crippen LogP contribution is -2.40. The summed E-state index contributed by atoms with van der Waals surface area (Å²) in [6, 6.07) is 4.67.